The number of phenols is 1. The van der Waals surface area contributed by atoms with E-state index >= 15 is 0 Å². The molecule has 0 amide bonds. The highest BCUT2D eigenvalue weighted by Crippen LogP contribution is 2.39. The molecule has 22 heavy (non-hydrogen) atoms. The number of aromatic hydroxyl groups is 1. The third kappa shape index (κ3) is 2.09. The lowest BCUT2D eigenvalue weighted by Gasteiger charge is -2.14. The van der Waals surface area contributed by atoms with E-state index in [1.165, 1.54) is 0 Å². The molecule has 0 saturated carbocycles. The molecule has 0 spiro atoms. The molecule has 0 aliphatic rings. The number of anilines is 2. The van der Waals surface area contributed by atoms with Gasteiger partial charge >= 0.3 is 0 Å². The number of benzene rings is 3. The van der Waals surface area contributed by atoms with E-state index in [0.29, 0.717) is 16.5 Å². The fourth-order valence-electron chi connectivity index (χ4n) is 2.44. The van der Waals surface area contributed by atoms with Crippen LogP contribution in [0.1, 0.15) is 11.1 Å². The number of nitrogens with one attached hydrogen (secondary N) is 1. The SMILES string of the molecule is N#Cc1c(C#N)c(Nc2ccccc2)c2ccccc2c1O. The molecule has 0 radical (unpaired) electrons. The maximum atomic E-state index is 10.3. The van der Waals surface area contributed by atoms with Gasteiger partial charge in [-0.05, 0) is 12.1 Å². The summed E-state index contributed by atoms with van der Waals surface area (Å²) < 4.78 is 0. The third-order valence-corrected chi connectivity index (χ3v) is 3.46. The molecule has 104 valence electrons. The topological polar surface area (TPSA) is 79.8 Å². The zero-order valence-corrected chi connectivity index (χ0v) is 11.5. The Kier molecular flexibility index (Phi) is 3.35. The van der Waals surface area contributed by atoms with Crippen LogP contribution in [0.4, 0.5) is 11.4 Å². The summed E-state index contributed by atoms with van der Waals surface area (Å²) in [5, 5.41) is 33.4. The van der Waals surface area contributed by atoms with Crippen LogP contribution in [0, 0.1) is 22.7 Å². The van der Waals surface area contributed by atoms with E-state index in [-0.39, 0.29) is 16.9 Å². The quantitative estimate of drug-likeness (QED) is 0.696. The van der Waals surface area contributed by atoms with E-state index in [1.807, 2.05) is 54.6 Å². The lowest BCUT2D eigenvalue weighted by Crippen LogP contribution is -1.98. The van der Waals surface area contributed by atoms with Gasteiger partial charge in [0.05, 0.1) is 11.3 Å². The van der Waals surface area contributed by atoms with Crippen molar-refractivity contribution in [3.05, 3.63) is 65.7 Å². The number of rotatable bonds is 2. The molecule has 0 bridgehead atoms. The van der Waals surface area contributed by atoms with E-state index in [1.54, 1.807) is 12.1 Å². The lowest BCUT2D eigenvalue weighted by atomic mass is 9.97. The van der Waals surface area contributed by atoms with Crippen LogP contribution in [0.3, 0.4) is 0 Å². The van der Waals surface area contributed by atoms with Crippen molar-refractivity contribution in [3.63, 3.8) is 0 Å². The predicted molar refractivity (Wildman–Crippen MR) is 84.8 cm³/mol. The molecule has 4 heteroatoms. The van der Waals surface area contributed by atoms with Gasteiger partial charge in [0.15, 0.2) is 0 Å². The first-order chi connectivity index (χ1) is 10.8. The zero-order valence-electron chi connectivity index (χ0n) is 11.5. The minimum absolute atomic E-state index is 0.0142. The summed E-state index contributed by atoms with van der Waals surface area (Å²) in [5.41, 5.74) is 1.46. The fraction of sp³-hybridized carbons (Fsp3) is 0. The smallest absolute Gasteiger partial charge is 0.142 e. The minimum Gasteiger partial charge on any atom is -0.506 e. The van der Waals surface area contributed by atoms with E-state index < -0.39 is 0 Å². The van der Waals surface area contributed by atoms with Crippen molar-refractivity contribution >= 4 is 22.1 Å². The van der Waals surface area contributed by atoms with Gasteiger partial charge in [-0.25, -0.2) is 0 Å². The molecular formula is C18H11N3O. The molecule has 0 atom stereocenters. The van der Waals surface area contributed by atoms with Gasteiger partial charge in [0.1, 0.15) is 23.5 Å². The van der Waals surface area contributed by atoms with Crippen LogP contribution in [0.15, 0.2) is 54.6 Å². The van der Waals surface area contributed by atoms with Crippen LogP contribution in [0.5, 0.6) is 5.75 Å². The first kappa shape index (κ1) is 13.5. The van der Waals surface area contributed by atoms with Crippen molar-refractivity contribution in [3.8, 4) is 17.9 Å². The maximum absolute atomic E-state index is 10.3. The second-order valence-corrected chi connectivity index (χ2v) is 4.73. The molecule has 0 unspecified atom stereocenters. The first-order valence-electron chi connectivity index (χ1n) is 6.66. The van der Waals surface area contributed by atoms with Crippen LogP contribution in [0.25, 0.3) is 10.8 Å². The second kappa shape index (κ2) is 5.47. The van der Waals surface area contributed by atoms with Crippen molar-refractivity contribution in [2.45, 2.75) is 0 Å². The van der Waals surface area contributed by atoms with Crippen LogP contribution in [-0.2, 0) is 0 Å². The molecule has 3 aromatic rings. The van der Waals surface area contributed by atoms with Gasteiger partial charge in [0.2, 0.25) is 0 Å². The maximum Gasteiger partial charge on any atom is 0.142 e. The molecule has 0 aliphatic heterocycles. The van der Waals surface area contributed by atoms with Crippen molar-refractivity contribution < 1.29 is 5.11 Å². The Morgan fingerprint density at radius 1 is 0.773 bits per heavy atom. The Balaban J connectivity index is 2.35. The van der Waals surface area contributed by atoms with E-state index in [0.717, 1.165) is 5.69 Å². The molecule has 0 aliphatic carbocycles. The van der Waals surface area contributed by atoms with Crippen molar-refractivity contribution in [1.29, 1.82) is 10.5 Å². The van der Waals surface area contributed by atoms with Crippen molar-refractivity contribution in [1.82, 2.24) is 0 Å². The summed E-state index contributed by atoms with van der Waals surface area (Å²) in [6, 6.07) is 20.5. The number of para-hydroxylation sites is 1. The van der Waals surface area contributed by atoms with Crippen molar-refractivity contribution in [2.24, 2.45) is 0 Å². The number of hydrogen-bond donors (Lipinski definition) is 2. The van der Waals surface area contributed by atoms with Crippen LogP contribution in [-0.4, -0.2) is 5.11 Å². The van der Waals surface area contributed by atoms with Gasteiger partial charge < -0.3 is 10.4 Å². The van der Waals surface area contributed by atoms with Crippen LogP contribution < -0.4 is 5.32 Å². The average Bonchev–Trinajstić information content (AvgIpc) is 2.58. The monoisotopic (exact) mass is 285 g/mol. The number of phenolic OH excluding ortho intramolecular Hbond substituents is 1. The minimum atomic E-state index is -0.159. The zero-order chi connectivity index (χ0) is 15.5. The molecule has 3 aromatic carbocycles. The molecule has 0 heterocycles. The summed E-state index contributed by atoms with van der Waals surface area (Å²) in [6.45, 7) is 0. The fourth-order valence-corrected chi connectivity index (χ4v) is 2.44. The summed E-state index contributed by atoms with van der Waals surface area (Å²) in [6.07, 6.45) is 0. The second-order valence-electron chi connectivity index (χ2n) is 4.73. The molecule has 0 saturated heterocycles. The molecule has 0 fully saturated rings. The average molecular weight is 285 g/mol. The lowest BCUT2D eigenvalue weighted by molar-refractivity contribution is 0.480. The van der Waals surface area contributed by atoms with Gasteiger partial charge in [-0.15, -0.1) is 0 Å². The summed E-state index contributed by atoms with van der Waals surface area (Å²) in [5.74, 6) is -0.159. The van der Waals surface area contributed by atoms with Crippen molar-refractivity contribution in [2.75, 3.05) is 5.32 Å². The third-order valence-electron chi connectivity index (χ3n) is 3.46. The van der Waals surface area contributed by atoms with E-state index in [9.17, 15) is 15.6 Å². The molecule has 3 rings (SSSR count). The van der Waals surface area contributed by atoms with Gasteiger partial charge in [-0.3, -0.25) is 0 Å². The van der Waals surface area contributed by atoms with Gasteiger partial charge in [-0.1, -0.05) is 42.5 Å². The van der Waals surface area contributed by atoms with Gasteiger partial charge in [-0.2, -0.15) is 10.5 Å². The number of hydrogen-bond acceptors (Lipinski definition) is 4. The van der Waals surface area contributed by atoms with Crippen LogP contribution >= 0.6 is 0 Å². The Hall–Kier alpha value is -3.50. The van der Waals surface area contributed by atoms with E-state index in [4.69, 9.17) is 0 Å². The van der Waals surface area contributed by atoms with E-state index in [2.05, 4.69) is 5.32 Å². The highest BCUT2D eigenvalue weighted by molar-refractivity contribution is 6.03. The Morgan fingerprint density at radius 2 is 1.36 bits per heavy atom. The number of nitrogens with zero attached hydrogens (tertiary/aromatic N) is 2. The summed E-state index contributed by atoms with van der Waals surface area (Å²) in [4.78, 5) is 0. The van der Waals surface area contributed by atoms with Gasteiger partial charge in [0.25, 0.3) is 0 Å². The normalized spacial score (nSPS) is 9.91. The Labute approximate surface area is 127 Å². The Morgan fingerprint density at radius 3 is 2.00 bits per heavy atom. The summed E-state index contributed by atoms with van der Waals surface area (Å²) >= 11 is 0. The Bertz CT molecular complexity index is 934. The molecule has 0 aromatic heterocycles. The molecule has 4 nitrogen and oxygen atoms in total. The molecule has 2 N–H and O–H groups in total. The first-order valence-corrected chi connectivity index (χ1v) is 6.66. The summed E-state index contributed by atoms with van der Waals surface area (Å²) in [7, 11) is 0. The van der Waals surface area contributed by atoms with Gasteiger partial charge in [0, 0.05) is 16.5 Å². The number of nitriles is 2. The van der Waals surface area contributed by atoms with Crippen LogP contribution in [0.2, 0.25) is 0 Å². The highest BCUT2D eigenvalue weighted by atomic mass is 16.3. The molecular weight excluding hydrogens is 274 g/mol. The largest absolute Gasteiger partial charge is 0.506 e. The standard InChI is InChI=1S/C18H11N3O/c19-10-15-16(11-20)18(22)14-9-5-4-8-13(14)17(15)21-12-6-2-1-3-7-12/h1-9,21-22H. The number of fused-ring (bicyclic) bond motifs is 1. The highest BCUT2D eigenvalue weighted by Gasteiger charge is 2.18. The predicted octanol–water partition coefficient (Wildman–Crippen LogP) is 4.03.